The summed E-state index contributed by atoms with van der Waals surface area (Å²) >= 11 is 0. The number of hydrogen-bond acceptors (Lipinski definition) is 5. The molecule has 0 unspecified atom stereocenters. The second-order valence-electron chi connectivity index (χ2n) is 9.18. The van der Waals surface area contributed by atoms with Crippen molar-refractivity contribution in [3.05, 3.63) is 58.9 Å². The highest BCUT2D eigenvalue weighted by Crippen LogP contribution is 2.41. The van der Waals surface area contributed by atoms with Gasteiger partial charge in [-0.15, -0.1) is 0 Å². The first kappa shape index (κ1) is 20.7. The van der Waals surface area contributed by atoms with Crippen molar-refractivity contribution in [1.29, 1.82) is 0 Å². The fourth-order valence-electron chi connectivity index (χ4n) is 4.41. The van der Waals surface area contributed by atoms with Crippen LogP contribution in [0.2, 0.25) is 0 Å². The van der Waals surface area contributed by atoms with E-state index in [-0.39, 0.29) is 23.8 Å². The molecule has 1 aromatic carbocycles. The topological polar surface area (TPSA) is 88.3 Å². The van der Waals surface area contributed by atoms with E-state index in [0.29, 0.717) is 35.8 Å². The number of aromatic nitrogens is 2. The standard InChI is InChI=1S/C25H28N4O3/c1-15(2)22-21-19(14-20(16-8-9-16)27-24(21)32-28-22)23(30)26-18-10-12-29(13-11-18)25(31)17-6-4-3-5-7-17/h3-7,14-16,18H,8-13H2,1-2H3,(H,26,30). The molecular formula is C25H28N4O3. The highest BCUT2D eigenvalue weighted by molar-refractivity contribution is 6.06. The first-order valence-electron chi connectivity index (χ1n) is 11.5. The van der Waals surface area contributed by atoms with Gasteiger partial charge in [0.1, 0.15) is 0 Å². The van der Waals surface area contributed by atoms with Crippen molar-refractivity contribution < 1.29 is 14.1 Å². The summed E-state index contributed by atoms with van der Waals surface area (Å²) in [6.07, 6.45) is 3.65. The summed E-state index contributed by atoms with van der Waals surface area (Å²) in [5.74, 6) is 0.470. The van der Waals surface area contributed by atoms with E-state index in [0.717, 1.165) is 42.5 Å². The van der Waals surface area contributed by atoms with Gasteiger partial charge in [0.15, 0.2) is 0 Å². The Morgan fingerprint density at radius 2 is 1.81 bits per heavy atom. The number of carbonyl (C=O) groups is 2. The molecule has 0 bridgehead atoms. The molecule has 32 heavy (non-hydrogen) atoms. The summed E-state index contributed by atoms with van der Waals surface area (Å²) in [5.41, 5.74) is 3.44. The summed E-state index contributed by atoms with van der Waals surface area (Å²) in [7, 11) is 0. The maximum Gasteiger partial charge on any atom is 0.259 e. The van der Waals surface area contributed by atoms with Crippen molar-refractivity contribution in [2.75, 3.05) is 13.1 Å². The molecule has 5 rings (SSSR count). The molecule has 1 saturated heterocycles. The minimum absolute atomic E-state index is 0.0253. The monoisotopic (exact) mass is 432 g/mol. The van der Waals surface area contributed by atoms with Crippen molar-refractivity contribution in [2.24, 2.45) is 0 Å². The summed E-state index contributed by atoms with van der Waals surface area (Å²) in [6.45, 7) is 5.32. The van der Waals surface area contributed by atoms with Crippen molar-refractivity contribution in [3.63, 3.8) is 0 Å². The van der Waals surface area contributed by atoms with E-state index in [2.05, 4.69) is 15.5 Å². The summed E-state index contributed by atoms with van der Waals surface area (Å²) in [4.78, 5) is 32.5. The van der Waals surface area contributed by atoms with Crippen LogP contribution in [-0.4, -0.2) is 46.0 Å². The van der Waals surface area contributed by atoms with Crippen LogP contribution in [0.25, 0.3) is 11.1 Å². The Kier molecular flexibility index (Phi) is 5.41. The van der Waals surface area contributed by atoms with Gasteiger partial charge in [-0.25, -0.2) is 4.98 Å². The fraction of sp³-hybridized carbons (Fsp3) is 0.440. The van der Waals surface area contributed by atoms with E-state index in [1.165, 1.54) is 0 Å². The van der Waals surface area contributed by atoms with Crippen LogP contribution < -0.4 is 5.32 Å². The molecule has 0 spiro atoms. The zero-order valence-electron chi connectivity index (χ0n) is 18.5. The average Bonchev–Trinajstić information content (AvgIpc) is 3.57. The summed E-state index contributed by atoms with van der Waals surface area (Å²) < 4.78 is 5.51. The normalized spacial score (nSPS) is 17.2. The maximum atomic E-state index is 13.3. The molecule has 2 amide bonds. The molecular weight excluding hydrogens is 404 g/mol. The second-order valence-corrected chi connectivity index (χ2v) is 9.18. The lowest BCUT2D eigenvalue weighted by Crippen LogP contribution is -2.46. The fourth-order valence-corrected chi connectivity index (χ4v) is 4.41. The Bertz CT molecular complexity index is 1140. The molecule has 0 radical (unpaired) electrons. The molecule has 2 fully saturated rings. The van der Waals surface area contributed by atoms with E-state index in [4.69, 9.17) is 4.52 Å². The zero-order chi connectivity index (χ0) is 22.2. The zero-order valence-corrected chi connectivity index (χ0v) is 18.5. The largest absolute Gasteiger partial charge is 0.349 e. The molecule has 2 aromatic heterocycles. The number of carbonyl (C=O) groups excluding carboxylic acids is 2. The molecule has 3 heterocycles. The molecule has 1 aliphatic carbocycles. The van der Waals surface area contributed by atoms with Crippen molar-refractivity contribution in [1.82, 2.24) is 20.4 Å². The van der Waals surface area contributed by atoms with Crippen LogP contribution in [0.4, 0.5) is 0 Å². The number of nitrogens with one attached hydrogen (secondary N) is 1. The first-order valence-corrected chi connectivity index (χ1v) is 11.5. The van der Waals surface area contributed by atoms with Gasteiger partial charge in [-0.2, -0.15) is 0 Å². The van der Waals surface area contributed by atoms with Gasteiger partial charge in [0.25, 0.3) is 17.5 Å². The third-order valence-electron chi connectivity index (χ3n) is 6.42. The van der Waals surface area contributed by atoms with Crippen LogP contribution in [0.15, 0.2) is 40.9 Å². The lowest BCUT2D eigenvalue weighted by Gasteiger charge is -2.32. The SMILES string of the molecule is CC(C)c1noc2nc(C3CC3)cc(C(=O)NC3CCN(C(=O)c4ccccc4)CC3)c12. The first-order chi connectivity index (χ1) is 15.5. The number of benzene rings is 1. The second kappa shape index (κ2) is 8.37. The lowest BCUT2D eigenvalue weighted by molar-refractivity contribution is 0.0698. The molecule has 2 aliphatic rings. The maximum absolute atomic E-state index is 13.3. The molecule has 3 aromatic rings. The number of amides is 2. The number of piperidine rings is 1. The van der Waals surface area contributed by atoms with Gasteiger partial charge in [0.05, 0.1) is 16.6 Å². The van der Waals surface area contributed by atoms with Gasteiger partial charge in [-0.3, -0.25) is 9.59 Å². The van der Waals surface area contributed by atoms with Gasteiger partial charge < -0.3 is 14.7 Å². The number of hydrogen-bond donors (Lipinski definition) is 1. The number of nitrogens with zero attached hydrogens (tertiary/aromatic N) is 3. The minimum atomic E-state index is -0.114. The predicted molar refractivity (Wildman–Crippen MR) is 121 cm³/mol. The van der Waals surface area contributed by atoms with E-state index in [1.807, 2.05) is 55.1 Å². The molecule has 7 nitrogen and oxygen atoms in total. The highest BCUT2D eigenvalue weighted by Gasteiger charge is 2.31. The van der Waals surface area contributed by atoms with Crippen LogP contribution in [0, 0.1) is 0 Å². The summed E-state index contributed by atoms with van der Waals surface area (Å²) in [5, 5.41) is 8.12. The van der Waals surface area contributed by atoms with Gasteiger partial charge in [-0.1, -0.05) is 37.2 Å². The van der Waals surface area contributed by atoms with Crippen LogP contribution in [0.3, 0.4) is 0 Å². The van der Waals surface area contributed by atoms with Gasteiger partial charge in [0, 0.05) is 36.3 Å². The van der Waals surface area contributed by atoms with E-state index < -0.39 is 0 Å². The Morgan fingerprint density at radius 1 is 1.09 bits per heavy atom. The third-order valence-corrected chi connectivity index (χ3v) is 6.42. The Morgan fingerprint density at radius 3 is 2.47 bits per heavy atom. The van der Waals surface area contributed by atoms with Gasteiger partial charge in [-0.05, 0) is 49.8 Å². The van der Waals surface area contributed by atoms with E-state index >= 15 is 0 Å². The third kappa shape index (κ3) is 3.99. The Hall–Kier alpha value is -3.22. The highest BCUT2D eigenvalue weighted by atomic mass is 16.5. The molecule has 166 valence electrons. The number of rotatable bonds is 5. The Labute approximate surface area is 187 Å². The number of fused-ring (bicyclic) bond motifs is 1. The van der Waals surface area contributed by atoms with Crippen LogP contribution in [0.5, 0.6) is 0 Å². The van der Waals surface area contributed by atoms with Crippen LogP contribution in [0.1, 0.15) is 83.5 Å². The minimum Gasteiger partial charge on any atom is -0.349 e. The van der Waals surface area contributed by atoms with Crippen molar-refractivity contribution in [2.45, 2.75) is 57.4 Å². The number of likely N-dealkylation sites (tertiary alicyclic amines) is 1. The van der Waals surface area contributed by atoms with Crippen LogP contribution in [-0.2, 0) is 0 Å². The number of pyridine rings is 1. The van der Waals surface area contributed by atoms with E-state index in [1.54, 1.807) is 0 Å². The molecule has 7 heteroatoms. The summed E-state index contributed by atoms with van der Waals surface area (Å²) in [6, 6.07) is 11.3. The quantitative estimate of drug-likeness (QED) is 0.651. The van der Waals surface area contributed by atoms with Crippen LogP contribution >= 0.6 is 0 Å². The molecule has 1 saturated carbocycles. The molecule has 1 N–H and O–H groups in total. The molecule has 0 atom stereocenters. The predicted octanol–water partition coefficient (Wildman–Crippen LogP) is 4.26. The molecule has 1 aliphatic heterocycles. The Balaban J connectivity index is 1.31. The van der Waals surface area contributed by atoms with Gasteiger partial charge >= 0.3 is 0 Å². The lowest BCUT2D eigenvalue weighted by atomic mass is 10.00. The average molecular weight is 433 g/mol. The van der Waals surface area contributed by atoms with Crippen molar-refractivity contribution >= 4 is 22.9 Å². The van der Waals surface area contributed by atoms with E-state index in [9.17, 15) is 9.59 Å². The smallest absolute Gasteiger partial charge is 0.259 e. The van der Waals surface area contributed by atoms with Gasteiger partial charge in [0.2, 0.25) is 0 Å². The van der Waals surface area contributed by atoms with Crippen molar-refractivity contribution in [3.8, 4) is 0 Å².